The number of amides is 1. The van der Waals surface area contributed by atoms with Crippen LogP contribution in [-0.4, -0.2) is 38.8 Å². The Morgan fingerprint density at radius 3 is 2.64 bits per heavy atom. The second kappa shape index (κ2) is 7.42. The van der Waals surface area contributed by atoms with Crippen LogP contribution in [0, 0.1) is 0 Å². The highest BCUT2D eigenvalue weighted by Crippen LogP contribution is 2.22. The van der Waals surface area contributed by atoms with E-state index in [0.29, 0.717) is 29.4 Å². The highest BCUT2D eigenvalue weighted by atomic mass is 35.5. The Kier molecular flexibility index (Phi) is 5.57. The number of aryl methyl sites for hydroxylation is 2. The van der Waals surface area contributed by atoms with Gasteiger partial charge in [-0.2, -0.15) is 5.10 Å². The van der Waals surface area contributed by atoms with Crippen LogP contribution < -0.4 is 0 Å². The summed E-state index contributed by atoms with van der Waals surface area (Å²) in [6, 6.07) is 9.66. The fourth-order valence-corrected chi connectivity index (χ4v) is 2.58. The van der Waals surface area contributed by atoms with Gasteiger partial charge in [-0.3, -0.25) is 9.48 Å². The zero-order valence-electron chi connectivity index (χ0n) is 12.8. The maximum absolute atomic E-state index is 12.8. The summed E-state index contributed by atoms with van der Waals surface area (Å²) >= 11 is 6.23. The van der Waals surface area contributed by atoms with Crippen LogP contribution in [0.25, 0.3) is 0 Å². The monoisotopic (exact) mass is 321 g/mol. The predicted molar refractivity (Wildman–Crippen MR) is 85.9 cm³/mol. The highest BCUT2D eigenvalue weighted by molar-refractivity contribution is 6.33. The molecule has 0 saturated carbocycles. The maximum Gasteiger partial charge on any atom is 0.259 e. The fraction of sp³-hybridized carbons (Fsp3) is 0.375. The third-order valence-electron chi connectivity index (χ3n) is 3.47. The first-order valence-corrected chi connectivity index (χ1v) is 7.61. The number of aromatic nitrogens is 2. The van der Waals surface area contributed by atoms with Gasteiger partial charge >= 0.3 is 0 Å². The molecule has 1 aromatic carbocycles. The summed E-state index contributed by atoms with van der Waals surface area (Å²) in [6.07, 6.45) is 0.625. The molecule has 1 N–H and O–H groups in total. The third-order valence-corrected chi connectivity index (χ3v) is 3.91. The molecule has 2 rings (SSSR count). The van der Waals surface area contributed by atoms with Crippen molar-refractivity contribution in [3.8, 4) is 0 Å². The number of benzene rings is 1. The van der Waals surface area contributed by atoms with Crippen LogP contribution in [0.1, 0.15) is 28.5 Å². The van der Waals surface area contributed by atoms with Gasteiger partial charge in [0.2, 0.25) is 0 Å². The predicted octanol–water partition coefficient (Wildman–Crippen LogP) is 2.27. The first-order valence-electron chi connectivity index (χ1n) is 7.23. The van der Waals surface area contributed by atoms with Crippen LogP contribution in [0.4, 0.5) is 0 Å². The summed E-state index contributed by atoms with van der Waals surface area (Å²) in [4.78, 5) is 14.4. The van der Waals surface area contributed by atoms with Gasteiger partial charge in [-0.1, -0.05) is 48.9 Å². The number of hydrogen-bond acceptors (Lipinski definition) is 3. The first-order chi connectivity index (χ1) is 10.6. The summed E-state index contributed by atoms with van der Waals surface area (Å²) in [5.41, 5.74) is 2.10. The number of hydrogen-bond donors (Lipinski definition) is 1. The van der Waals surface area contributed by atoms with E-state index in [0.717, 1.165) is 5.56 Å². The average molecular weight is 322 g/mol. The average Bonchev–Trinajstić information content (AvgIpc) is 2.82. The smallest absolute Gasteiger partial charge is 0.259 e. The normalized spacial score (nSPS) is 10.7. The molecule has 0 radical (unpaired) electrons. The Labute approximate surface area is 135 Å². The van der Waals surface area contributed by atoms with E-state index < -0.39 is 0 Å². The molecule has 0 fully saturated rings. The molecule has 6 heteroatoms. The number of carbonyl (C=O) groups is 1. The van der Waals surface area contributed by atoms with Crippen molar-refractivity contribution >= 4 is 17.5 Å². The Balaban J connectivity index is 2.30. The van der Waals surface area contributed by atoms with E-state index in [9.17, 15) is 9.90 Å². The molecule has 1 heterocycles. The van der Waals surface area contributed by atoms with E-state index in [1.54, 1.807) is 11.9 Å². The first kappa shape index (κ1) is 16.5. The van der Waals surface area contributed by atoms with Crippen LogP contribution in [0.5, 0.6) is 0 Å². The number of carbonyl (C=O) groups excluding carboxylic acids is 1. The minimum absolute atomic E-state index is 0.0993. The van der Waals surface area contributed by atoms with Crippen molar-refractivity contribution in [1.82, 2.24) is 14.7 Å². The molecule has 118 valence electrons. The minimum Gasteiger partial charge on any atom is -0.395 e. The number of aliphatic hydroxyl groups excluding tert-OH is 1. The molecule has 2 aromatic rings. The van der Waals surface area contributed by atoms with E-state index in [1.807, 2.05) is 37.3 Å². The van der Waals surface area contributed by atoms with Gasteiger partial charge in [-0.05, 0) is 12.0 Å². The van der Waals surface area contributed by atoms with Crippen LogP contribution in [0.3, 0.4) is 0 Å². The maximum atomic E-state index is 12.8. The Bertz CT molecular complexity index is 640. The lowest BCUT2D eigenvalue weighted by molar-refractivity contribution is 0.0707. The topological polar surface area (TPSA) is 58.4 Å². The lowest BCUT2D eigenvalue weighted by Gasteiger charge is -2.22. The Hall–Kier alpha value is -1.85. The largest absolute Gasteiger partial charge is 0.395 e. The Morgan fingerprint density at radius 1 is 1.36 bits per heavy atom. The van der Waals surface area contributed by atoms with E-state index in [1.165, 1.54) is 4.68 Å². The van der Waals surface area contributed by atoms with Crippen molar-refractivity contribution in [2.24, 2.45) is 7.05 Å². The number of nitrogens with zero attached hydrogens (tertiary/aromatic N) is 3. The molecular formula is C16H20ClN3O2. The second-order valence-corrected chi connectivity index (χ2v) is 5.38. The molecule has 0 saturated heterocycles. The Morgan fingerprint density at radius 2 is 2.05 bits per heavy atom. The van der Waals surface area contributed by atoms with Gasteiger partial charge in [0.25, 0.3) is 5.91 Å². The van der Waals surface area contributed by atoms with Crippen molar-refractivity contribution in [3.63, 3.8) is 0 Å². The molecule has 0 spiro atoms. The van der Waals surface area contributed by atoms with Crippen molar-refractivity contribution in [2.45, 2.75) is 19.9 Å². The zero-order chi connectivity index (χ0) is 16.1. The number of halogens is 1. The van der Waals surface area contributed by atoms with E-state index in [2.05, 4.69) is 5.10 Å². The molecule has 1 amide bonds. The molecule has 1 aromatic heterocycles. The van der Waals surface area contributed by atoms with Gasteiger partial charge in [0.05, 0.1) is 17.9 Å². The van der Waals surface area contributed by atoms with E-state index in [4.69, 9.17) is 11.6 Å². The number of aliphatic hydroxyl groups is 1. The van der Waals surface area contributed by atoms with Crippen LogP contribution in [0.15, 0.2) is 30.3 Å². The third kappa shape index (κ3) is 3.48. The van der Waals surface area contributed by atoms with E-state index >= 15 is 0 Å². The molecule has 0 bridgehead atoms. The molecule has 0 aliphatic carbocycles. The summed E-state index contributed by atoms with van der Waals surface area (Å²) < 4.78 is 1.51. The van der Waals surface area contributed by atoms with Gasteiger partial charge < -0.3 is 10.0 Å². The van der Waals surface area contributed by atoms with E-state index in [-0.39, 0.29) is 19.1 Å². The molecule has 0 aliphatic heterocycles. The van der Waals surface area contributed by atoms with Crippen molar-refractivity contribution < 1.29 is 9.90 Å². The number of rotatable bonds is 6. The van der Waals surface area contributed by atoms with Gasteiger partial charge in [-0.25, -0.2) is 0 Å². The SMILES string of the molecule is CCc1nn(C)c(Cl)c1C(=O)N(CCO)Cc1ccccc1. The summed E-state index contributed by atoms with van der Waals surface area (Å²) in [5, 5.41) is 13.9. The fourth-order valence-electron chi connectivity index (χ4n) is 2.35. The molecule has 0 atom stereocenters. The summed E-state index contributed by atoms with van der Waals surface area (Å²) in [6.45, 7) is 2.51. The van der Waals surface area contributed by atoms with Gasteiger partial charge in [0.15, 0.2) is 0 Å². The molecule has 22 heavy (non-hydrogen) atoms. The summed E-state index contributed by atoms with van der Waals surface area (Å²) in [7, 11) is 1.71. The standard InChI is InChI=1S/C16H20ClN3O2/c1-3-13-14(15(17)19(2)18-13)16(22)20(9-10-21)11-12-7-5-4-6-8-12/h4-8,21H,3,9-11H2,1-2H3. The lowest BCUT2D eigenvalue weighted by Crippen LogP contribution is -2.33. The van der Waals surface area contributed by atoms with Crippen molar-refractivity contribution in [1.29, 1.82) is 0 Å². The van der Waals surface area contributed by atoms with Gasteiger partial charge in [0, 0.05) is 20.1 Å². The van der Waals surface area contributed by atoms with Gasteiger partial charge in [0.1, 0.15) is 5.15 Å². The molecule has 0 aliphatic rings. The van der Waals surface area contributed by atoms with Crippen LogP contribution in [0.2, 0.25) is 5.15 Å². The van der Waals surface area contributed by atoms with Gasteiger partial charge in [-0.15, -0.1) is 0 Å². The molecular weight excluding hydrogens is 302 g/mol. The highest BCUT2D eigenvalue weighted by Gasteiger charge is 2.25. The van der Waals surface area contributed by atoms with Crippen LogP contribution >= 0.6 is 11.6 Å². The second-order valence-electron chi connectivity index (χ2n) is 5.03. The summed E-state index contributed by atoms with van der Waals surface area (Å²) in [5.74, 6) is -0.201. The molecule has 0 unspecified atom stereocenters. The van der Waals surface area contributed by atoms with Crippen molar-refractivity contribution in [3.05, 3.63) is 52.3 Å². The van der Waals surface area contributed by atoms with Crippen molar-refractivity contribution in [2.75, 3.05) is 13.2 Å². The lowest BCUT2D eigenvalue weighted by atomic mass is 10.1. The zero-order valence-corrected chi connectivity index (χ0v) is 13.5. The quantitative estimate of drug-likeness (QED) is 0.888. The van der Waals surface area contributed by atoms with Crippen LogP contribution in [-0.2, 0) is 20.0 Å². The minimum atomic E-state index is -0.201. The molecule has 5 nitrogen and oxygen atoms in total.